The quantitative estimate of drug-likeness (QED) is 0.670. The van der Waals surface area contributed by atoms with Crippen molar-refractivity contribution in [2.24, 2.45) is 11.5 Å². The van der Waals surface area contributed by atoms with E-state index < -0.39 is 0 Å². The van der Waals surface area contributed by atoms with Crippen LogP contribution in [0.4, 0.5) is 0 Å². The van der Waals surface area contributed by atoms with Crippen LogP contribution >= 0.6 is 0 Å². The molecule has 1 fully saturated rings. The van der Waals surface area contributed by atoms with Gasteiger partial charge < -0.3 is 11.5 Å². The van der Waals surface area contributed by atoms with Gasteiger partial charge in [-0.15, -0.1) is 5.10 Å². The first kappa shape index (κ1) is 8.65. The Labute approximate surface area is 77.1 Å². The SMILES string of the molecule is CC(N)c1cn(C2CCC2N)nn1. The Morgan fingerprint density at radius 2 is 2.38 bits per heavy atom. The summed E-state index contributed by atoms with van der Waals surface area (Å²) in [6, 6.07) is 0.521. The first-order valence-electron chi connectivity index (χ1n) is 4.61. The van der Waals surface area contributed by atoms with E-state index in [1.165, 1.54) is 0 Å². The van der Waals surface area contributed by atoms with Crippen LogP contribution in [0, 0.1) is 0 Å². The van der Waals surface area contributed by atoms with Gasteiger partial charge in [0.1, 0.15) is 0 Å². The molecule has 1 aromatic rings. The lowest BCUT2D eigenvalue weighted by Gasteiger charge is -2.32. The average Bonchev–Trinajstić information content (AvgIpc) is 2.50. The van der Waals surface area contributed by atoms with Crippen LogP contribution in [-0.4, -0.2) is 21.0 Å². The van der Waals surface area contributed by atoms with Crippen LogP contribution in [0.25, 0.3) is 0 Å². The van der Waals surface area contributed by atoms with Gasteiger partial charge in [0.25, 0.3) is 0 Å². The Morgan fingerprint density at radius 3 is 2.77 bits per heavy atom. The van der Waals surface area contributed by atoms with Crippen molar-refractivity contribution in [1.29, 1.82) is 0 Å². The van der Waals surface area contributed by atoms with Crippen molar-refractivity contribution in [1.82, 2.24) is 15.0 Å². The average molecular weight is 181 g/mol. The smallest absolute Gasteiger partial charge is 0.0991 e. The zero-order chi connectivity index (χ0) is 9.42. The number of nitrogens with zero attached hydrogens (tertiary/aromatic N) is 3. The molecule has 5 nitrogen and oxygen atoms in total. The largest absolute Gasteiger partial charge is 0.326 e. The number of nitrogens with two attached hydrogens (primary N) is 2. The van der Waals surface area contributed by atoms with Gasteiger partial charge in [-0.3, -0.25) is 0 Å². The maximum Gasteiger partial charge on any atom is 0.0991 e. The first-order valence-corrected chi connectivity index (χ1v) is 4.61. The molecular weight excluding hydrogens is 166 g/mol. The molecule has 13 heavy (non-hydrogen) atoms. The second kappa shape index (κ2) is 3.08. The minimum Gasteiger partial charge on any atom is -0.326 e. The van der Waals surface area contributed by atoms with E-state index in [2.05, 4.69) is 10.3 Å². The van der Waals surface area contributed by atoms with E-state index in [1.807, 2.05) is 17.8 Å². The summed E-state index contributed by atoms with van der Waals surface area (Å²) < 4.78 is 1.84. The molecule has 3 unspecified atom stereocenters. The van der Waals surface area contributed by atoms with Crippen LogP contribution in [0.3, 0.4) is 0 Å². The highest BCUT2D eigenvalue weighted by molar-refractivity contribution is 5.00. The molecule has 5 heteroatoms. The molecule has 0 bridgehead atoms. The van der Waals surface area contributed by atoms with Gasteiger partial charge in [-0.05, 0) is 19.8 Å². The highest BCUT2D eigenvalue weighted by Crippen LogP contribution is 2.29. The summed E-state index contributed by atoms with van der Waals surface area (Å²) in [6.45, 7) is 1.90. The Kier molecular flexibility index (Phi) is 2.05. The third kappa shape index (κ3) is 1.45. The van der Waals surface area contributed by atoms with Gasteiger partial charge in [0.05, 0.1) is 17.9 Å². The fourth-order valence-corrected chi connectivity index (χ4v) is 1.50. The fraction of sp³-hybridized carbons (Fsp3) is 0.750. The van der Waals surface area contributed by atoms with Crippen LogP contribution in [0.2, 0.25) is 0 Å². The predicted molar refractivity (Wildman–Crippen MR) is 48.9 cm³/mol. The van der Waals surface area contributed by atoms with Gasteiger partial charge in [-0.1, -0.05) is 5.21 Å². The van der Waals surface area contributed by atoms with Crippen molar-refractivity contribution in [2.75, 3.05) is 0 Å². The Balaban J connectivity index is 2.13. The summed E-state index contributed by atoms with van der Waals surface area (Å²) in [7, 11) is 0. The van der Waals surface area contributed by atoms with Gasteiger partial charge in [0.15, 0.2) is 0 Å². The highest BCUT2D eigenvalue weighted by atomic mass is 15.4. The second-order valence-electron chi connectivity index (χ2n) is 3.72. The lowest BCUT2D eigenvalue weighted by molar-refractivity contribution is 0.235. The monoisotopic (exact) mass is 181 g/mol. The summed E-state index contributed by atoms with van der Waals surface area (Å²) in [5.41, 5.74) is 12.3. The molecule has 2 rings (SSSR count). The molecule has 0 aromatic carbocycles. The molecule has 72 valence electrons. The Hall–Kier alpha value is -0.940. The molecule has 1 aromatic heterocycles. The van der Waals surface area contributed by atoms with Crippen LogP contribution in [0.1, 0.15) is 37.5 Å². The van der Waals surface area contributed by atoms with E-state index in [0.29, 0.717) is 6.04 Å². The Morgan fingerprint density at radius 1 is 1.62 bits per heavy atom. The molecular formula is C8H15N5. The lowest BCUT2D eigenvalue weighted by atomic mass is 9.87. The van der Waals surface area contributed by atoms with Gasteiger partial charge in [-0.2, -0.15) is 0 Å². The minimum absolute atomic E-state index is 0.0509. The molecule has 1 aliphatic carbocycles. The first-order chi connectivity index (χ1) is 6.18. The van der Waals surface area contributed by atoms with Crippen molar-refractivity contribution in [3.63, 3.8) is 0 Å². The fourth-order valence-electron chi connectivity index (χ4n) is 1.50. The summed E-state index contributed by atoms with van der Waals surface area (Å²) in [5, 5.41) is 8.00. The van der Waals surface area contributed by atoms with Crippen molar-refractivity contribution in [3.8, 4) is 0 Å². The van der Waals surface area contributed by atoms with Crippen LogP contribution in [0.5, 0.6) is 0 Å². The maximum absolute atomic E-state index is 5.82. The van der Waals surface area contributed by atoms with Crippen molar-refractivity contribution in [3.05, 3.63) is 11.9 Å². The summed E-state index contributed by atoms with van der Waals surface area (Å²) in [5.74, 6) is 0. The standard InChI is InChI=1S/C8H15N5/c1-5(9)7-4-13(12-11-7)8-3-2-6(8)10/h4-6,8H,2-3,9-10H2,1H3. The summed E-state index contributed by atoms with van der Waals surface area (Å²) >= 11 is 0. The molecule has 0 amide bonds. The van der Waals surface area contributed by atoms with Gasteiger partial charge in [-0.25, -0.2) is 4.68 Å². The van der Waals surface area contributed by atoms with E-state index in [4.69, 9.17) is 11.5 Å². The number of hydrogen-bond donors (Lipinski definition) is 2. The predicted octanol–water partition coefficient (Wildman–Crippen LogP) is -0.0400. The molecule has 0 saturated heterocycles. The zero-order valence-corrected chi connectivity index (χ0v) is 7.72. The second-order valence-corrected chi connectivity index (χ2v) is 3.72. The minimum atomic E-state index is -0.0509. The number of rotatable bonds is 2. The lowest BCUT2D eigenvalue weighted by Crippen LogP contribution is -2.41. The van der Waals surface area contributed by atoms with Gasteiger partial charge in [0.2, 0.25) is 0 Å². The van der Waals surface area contributed by atoms with Gasteiger partial charge in [0, 0.05) is 12.1 Å². The summed E-state index contributed by atoms with van der Waals surface area (Å²) in [4.78, 5) is 0. The van der Waals surface area contributed by atoms with Crippen LogP contribution < -0.4 is 11.5 Å². The molecule has 3 atom stereocenters. The zero-order valence-electron chi connectivity index (χ0n) is 7.72. The number of aromatic nitrogens is 3. The molecule has 1 heterocycles. The third-order valence-corrected chi connectivity index (χ3v) is 2.62. The molecule has 0 radical (unpaired) electrons. The van der Waals surface area contributed by atoms with Gasteiger partial charge >= 0.3 is 0 Å². The normalized spacial score (nSPS) is 29.8. The maximum atomic E-state index is 5.82. The van der Waals surface area contributed by atoms with E-state index in [0.717, 1.165) is 18.5 Å². The molecule has 0 spiro atoms. The molecule has 1 aliphatic rings. The third-order valence-electron chi connectivity index (χ3n) is 2.62. The number of hydrogen-bond acceptors (Lipinski definition) is 4. The van der Waals surface area contributed by atoms with E-state index in [-0.39, 0.29) is 12.1 Å². The van der Waals surface area contributed by atoms with Crippen molar-refractivity contribution >= 4 is 0 Å². The Bertz CT molecular complexity index is 292. The van der Waals surface area contributed by atoms with Crippen LogP contribution in [0.15, 0.2) is 6.20 Å². The van der Waals surface area contributed by atoms with E-state index in [1.54, 1.807) is 0 Å². The summed E-state index contributed by atoms with van der Waals surface area (Å²) in [6.07, 6.45) is 4.08. The molecule has 0 aliphatic heterocycles. The molecule has 1 saturated carbocycles. The van der Waals surface area contributed by atoms with Crippen molar-refractivity contribution in [2.45, 2.75) is 37.9 Å². The van der Waals surface area contributed by atoms with Crippen molar-refractivity contribution < 1.29 is 0 Å². The van der Waals surface area contributed by atoms with Crippen LogP contribution in [-0.2, 0) is 0 Å². The molecule has 4 N–H and O–H groups in total. The van der Waals surface area contributed by atoms with E-state index >= 15 is 0 Å². The topological polar surface area (TPSA) is 82.8 Å². The van der Waals surface area contributed by atoms with E-state index in [9.17, 15) is 0 Å². The highest BCUT2D eigenvalue weighted by Gasteiger charge is 2.30.